The Labute approximate surface area is 174 Å². The maximum Gasteiger partial charge on any atom is 0.335 e. The summed E-state index contributed by atoms with van der Waals surface area (Å²) in [7, 11) is 3.85. The van der Waals surface area contributed by atoms with Gasteiger partial charge < -0.3 is 19.3 Å². The number of amides is 1. The van der Waals surface area contributed by atoms with Gasteiger partial charge in [0.25, 0.3) is 5.91 Å². The molecule has 30 heavy (non-hydrogen) atoms. The van der Waals surface area contributed by atoms with Crippen molar-refractivity contribution in [3.63, 3.8) is 0 Å². The van der Waals surface area contributed by atoms with Gasteiger partial charge in [0.2, 0.25) is 0 Å². The van der Waals surface area contributed by atoms with Crippen molar-refractivity contribution in [3.8, 4) is 11.4 Å². The van der Waals surface area contributed by atoms with Crippen molar-refractivity contribution in [2.45, 2.75) is 0 Å². The Morgan fingerprint density at radius 2 is 1.90 bits per heavy atom. The molecule has 0 saturated heterocycles. The number of hydrogen-bond acceptors (Lipinski definition) is 5. The van der Waals surface area contributed by atoms with Crippen LogP contribution >= 0.6 is 0 Å². The van der Waals surface area contributed by atoms with Gasteiger partial charge in [0.15, 0.2) is 6.61 Å². The van der Waals surface area contributed by atoms with Crippen LogP contribution in [0.15, 0.2) is 72.0 Å². The standard InChI is InChI=1S/C22H22N4O4/c1-25(2)18-5-3-7-20(13-18)30-15-21(27)24-23-14-19-6-4-12-26(19)17-10-8-16(9-11-17)22(28)29/h3-14H,15H2,1-2H3,(H,24,27)(H,28,29)/b23-14+. The lowest BCUT2D eigenvalue weighted by Gasteiger charge is -2.13. The molecule has 0 radical (unpaired) electrons. The van der Waals surface area contributed by atoms with Crippen LogP contribution < -0.4 is 15.1 Å². The van der Waals surface area contributed by atoms with Crippen LogP contribution in [0.25, 0.3) is 5.69 Å². The number of hydrazone groups is 1. The number of nitrogens with zero attached hydrogens (tertiary/aromatic N) is 3. The Balaban J connectivity index is 1.57. The number of carboxylic acid groups (broad SMARTS) is 1. The molecule has 0 spiro atoms. The minimum absolute atomic E-state index is 0.161. The average molecular weight is 406 g/mol. The van der Waals surface area contributed by atoms with E-state index in [1.807, 2.05) is 60.1 Å². The normalized spacial score (nSPS) is 10.7. The maximum absolute atomic E-state index is 12.0. The van der Waals surface area contributed by atoms with Crippen molar-refractivity contribution in [2.24, 2.45) is 5.10 Å². The van der Waals surface area contributed by atoms with E-state index in [9.17, 15) is 9.59 Å². The van der Waals surface area contributed by atoms with Crippen LogP contribution in [-0.2, 0) is 4.79 Å². The van der Waals surface area contributed by atoms with Gasteiger partial charge in [0.1, 0.15) is 5.75 Å². The topological polar surface area (TPSA) is 96.2 Å². The smallest absolute Gasteiger partial charge is 0.335 e. The van der Waals surface area contributed by atoms with Gasteiger partial charge in [-0.15, -0.1) is 0 Å². The summed E-state index contributed by atoms with van der Waals surface area (Å²) in [6, 6.07) is 17.6. The molecular weight excluding hydrogens is 384 g/mol. The minimum atomic E-state index is -0.978. The number of carboxylic acids is 1. The lowest BCUT2D eigenvalue weighted by Crippen LogP contribution is -2.24. The highest BCUT2D eigenvalue weighted by Gasteiger charge is 2.06. The Morgan fingerprint density at radius 3 is 2.60 bits per heavy atom. The van der Waals surface area contributed by atoms with E-state index in [1.165, 1.54) is 18.3 Å². The molecule has 1 amide bonds. The summed E-state index contributed by atoms with van der Waals surface area (Å²) in [6.07, 6.45) is 3.33. The Bertz CT molecular complexity index is 1060. The van der Waals surface area contributed by atoms with Crippen LogP contribution in [-0.4, -0.2) is 48.5 Å². The van der Waals surface area contributed by atoms with Crippen molar-refractivity contribution >= 4 is 23.8 Å². The number of benzene rings is 2. The number of aromatic carboxylic acids is 1. The third kappa shape index (κ3) is 5.26. The highest BCUT2D eigenvalue weighted by molar-refractivity contribution is 5.88. The van der Waals surface area contributed by atoms with E-state index in [1.54, 1.807) is 18.2 Å². The lowest BCUT2D eigenvalue weighted by atomic mass is 10.2. The number of rotatable bonds is 8. The first-order valence-electron chi connectivity index (χ1n) is 9.17. The zero-order valence-corrected chi connectivity index (χ0v) is 16.6. The summed E-state index contributed by atoms with van der Waals surface area (Å²) in [6.45, 7) is -0.161. The fraction of sp³-hybridized carbons (Fsp3) is 0.136. The summed E-state index contributed by atoms with van der Waals surface area (Å²) >= 11 is 0. The summed E-state index contributed by atoms with van der Waals surface area (Å²) in [4.78, 5) is 24.9. The lowest BCUT2D eigenvalue weighted by molar-refractivity contribution is -0.123. The van der Waals surface area contributed by atoms with Gasteiger partial charge in [-0.3, -0.25) is 4.79 Å². The molecule has 0 aliphatic rings. The first-order chi connectivity index (χ1) is 14.4. The van der Waals surface area contributed by atoms with E-state index in [-0.39, 0.29) is 18.1 Å². The third-order valence-electron chi connectivity index (χ3n) is 4.26. The van der Waals surface area contributed by atoms with Crippen LogP contribution in [0.4, 0.5) is 5.69 Å². The molecule has 0 fully saturated rings. The van der Waals surface area contributed by atoms with Gasteiger partial charge in [0.05, 0.1) is 17.5 Å². The second kappa shape index (κ2) is 9.42. The van der Waals surface area contributed by atoms with Crippen molar-refractivity contribution < 1.29 is 19.4 Å². The molecule has 3 aromatic rings. The van der Waals surface area contributed by atoms with Gasteiger partial charge in [-0.2, -0.15) is 5.10 Å². The third-order valence-corrected chi connectivity index (χ3v) is 4.26. The van der Waals surface area contributed by atoms with Crippen LogP contribution in [0.5, 0.6) is 5.75 Å². The fourth-order valence-corrected chi connectivity index (χ4v) is 2.70. The molecule has 0 bridgehead atoms. The molecule has 8 heteroatoms. The first kappa shape index (κ1) is 20.7. The minimum Gasteiger partial charge on any atom is -0.484 e. The highest BCUT2D eigenvalue weighted by atomic mass is 16.5. The van der Waals surface area contributed by atoms with E-state index in [0.717, 1.165) is 17.1 Å². The monoisotopic (exact) mass is 406 g/mol. The number of carbonyl (C=O) groups is 2. The molecular formula is C22H22N4O4. The van der Waals surface area contributed by atoms with Gasteiger partial charge in [-0.1, -0.05) is 6.07 Å². The first-order valence-corrected chi connectivity index (χ1v) is 9.17. The Hall–Kier alpha value is -4.07. The SMILES string of the molecule is CN(C)c1cccc(OCC(=O)N/N=C/c2cccn2-c2ccc(C(=O)O)cc2)c1. The molecule has 0 unspecified atom stereocenters. The zero-order chi connectivity index (χ0) is 21.5. The van der Waals surface area contributed by atoms with Crippen molar-refractivity contribution in [1.29, 1.82) is 0 Å². The number of anilines is 1. The molecule has 0 aliphatic carbocycles. The largest absolute Gasteiger partial charge is 0.484 e. The quantitative estimate of drug-likeness (QED) is 0.443. The van der Waals surface area contributed by atoms with E-state index in [4.69, 9.17) is 9.84 Å². The van der Waals surface area contributed by atoms with E-state index < -0.39 is 5.97 Å². The number of ether oxygens (including phenoxy) is 1. The van der Waals surface area contributed by atoms with E-state index in [0.29, 0.717) is 5.75 Å². The molecule has 154 valence electrons. The molecule has 0 saturated carbocycles. The number of hydrogen-bond donors (Lipinski definition) is 2. The molecule has 1 heterocycles. The van der Waals surface area contributed by atoms with Gasteiger partial charge in [-0.05, 0) is 48.5 Å². The van der Waals surface area contributed by atoms with E-state index in [2.05, 4.69) is 10.5 Å². The van der Waals surface area contributed by atoms with Crippen LogP contribution in [0.1, 0.15) is 16.1 Å². The van der Waals surface area contributed by atoms with Crippen molar-refractivity contribution in [3.05, 3.63) is 78.1 Å². The maximum atomic E-state index is 12.0. The molecule has 0 atom stereocenters. The number of carbonyl (C=O) groups excluding carboxylic acids is 1. The molecule has 3 rings (SSSR count). The Morgan fingerprint density at radius 1 is 1.13 bits per heavy atom. The highest BCUT2D eigenvalue weighted by Crippen LogP contribution is 2.19. The van der Waals surface area contributed by atoms with Crippen LogP contribution in [0.2, 0.25) is 0 Å². The van der Waals surface area contributed by atoms with Gasteiger partial charge in [0, 0.05) is 37.7 Å². The van der Waals surface area contributed by atoms with Gasteiger partial charge >= 0.3 is 5.97 Å². The summed E-state index contributed by atoms with van der Waals surface area (Å²) in [5.41, 5.74) is 5.12. The predicted octanol–water partition coefficient (Wildman–Crippen LogP) is 2.77. The fourth-order valence-electron chi connectivity index (χ4n) is 2.70. The van der Waals surface area contributed by atoms with Gasteiger partial charge in [-0.25, -0.2) is 10.2 Å². The van der Waals surface area contributed by atoms with Crippen LogP contribution in [0, 0.1) is 0 Å². The molecule has 2 aromatic carbocycles. The second-order valence-electron chi connectivity index (χ2n) is 6.63. The molecule has 0 aliphatic heterocycles. The molecule has 8 nitrogen and oxygen atoms in total. The average Bonchev–Trinajstić information content (AvgIpc) is 3.21. The predicted molar refractivity (Wildman–Crippen MR) is 115 cm³/mol. The Kier molecular flexibility index (Phi) is 6.49. The second-order valence-corrected chi connectivity index (χ2v) is 6.63. The molecule has 2 N–H and O–H groups in total. The van der Waals surface area contributed by atoms with Crippen molar-refractivity contribution in [2.75, 3.05) is 25.6 Å². The number of nitrogens with one attached hydrogen (secondary N) is 1. The summed E-state index contributed by atoms with van der Waals surface area (Å²) < 4.78 is 7.33. The molecule has 1 aromatic heterocycles. The van der Waals surface area contributed by atoms with E-state index >= 15 is 0 Å². The summed E-state index contributed by atoms with van der Waals surface area (Å²) in [5.74, 6) is -0.765. The zero-order valence-electron chi connectivity index (χ0n) is 16.6. The number of aromatic nitrogens is 1. The van der Waals surface area contributed by atoms with Crippen LogP contribution in [0.3, 0.4) is 0 Å². The summed E-state index contributed by atoms with van der Waals surface area (Å²) in [5, 5.41) is 13.0. The van der Waals surface area contributed by atoms with Crippen molar-refractivity contribution in [1.82, 2.24) is 9.99 Å².